The highest BCUT2D eigenvalue weighted by Gasteiger charge is 2.05. The first kappa shape index (κ1) is 11.4. The second kappa shape index (κ2) is 5.08. The first-order chi connectivity index (χ1) is 4.98. The van der Waals surface area contributed by atoms with Crippen LogP contribution in [0, 0.1) is 0 Å². The Balaban J connectivity index is 3.63. The summed E-state index contributed by atoms with van der Waals surface area (Å²) in [6, 6.07) is 0. The van der Waals surface area contributed by atoms with E-state index in [-0.39, 0.29) is 18.1 Å². The van der Waals surface area contributed by atoms with Gasteiger partial charge in [0.1, 0.15) is 10.0 Å². The van der Waals surface area contributed by atoms with Gasteiger partial charge in [-0.05, 0) is 17.6 Å². The molecule has 0 aromatic heterocycles. The highest BCUT2D eigenvalue weighted by molar-refractivity contribution is 8.08. The van der Waals surface area contributed by atoms with Gasteiger partial charge < -0.3 is 0 Å². The van der Waals surface area contributed by atoms with E-state index in [1.807, 2.05) is 0 Å². The Kier molecular flexibility index (Phi) is 5.24. The lowest BCUT2D eigenvalue weighted by Gasteiger charge is -2.00. The van der Waals surface area contributed by atoms with Crippen molar-refractivity contribution in [1.29, 1.82) is 0 Å². The third kappa shape index (κ3) is 6.74. The van der Waals surface area contributed by atoms with Crippen molar-refractivity contribution in [2.24, 2.45) is 0 Å². The lowest BCUT2D eigenvalue weighted by atomic mass is 10.8. The third-order valence-corrected chi connectivity index (χ3v) is 3.36. The quantitative estimate of drug-likeness (QED) is 0.653. The van der Waals surface area contributed by atoms with Gasteiger partial charge in [0.2, 0.25) is 10.0 Å². The van der Waals surface area contributed by atoms with Crippen molar-refractivity contribution >= 4 is 30.7 Å². The summed E-state index contributed by atoms with van der Waals surface area (Å²) in [5.41, 5.74) is 0. The average Bonchev–Trinajstić information content (AvgIpc) is 1.87. The van der Waals surface area contributed by atoms with Gasteiger partial charge in [-0.25, -0.2) is 17.3 Å². The van der Waals surface area contributed by atoms with Crippen LogP contribution in [0.2, 0.25) is 0 Å². The third-order valence-electron chi connectivity index (χ3n) is 0.965. The number of rotatable bonds is 5. The molecule has 4 nitrogen and oxygen atoms in total. The van der Waals surface area contributed by atoms with Crippen LogP contribution in [0.5, 0.6) is 0 Å². The molecular formula is C4H10ClNO3S2. The number of sulfonamides is 1. The fourth-order valence-electron chi connectivity index (χ4n) is 0.379. The predicted molar refractivity (Wildman–Crippen MR) is 46.3 cm³/mol. The first-order valence-electron chi connectivity index (χ1n) is 3.00. The molecular weight excluding hydrogens is 210 g/mol. The predicted octanol–water partition coefficient (Wildman–Crippen LogP) is -0.172. The molecule has 0 saturated heterocycles. The van der Waals surface area contributed by atoms with Crippen molar-refractivity contribution in [2.45, 2.75) is 6.92 Å². The first-order valence-corrected chi connectivity index (χ1v) is 6.79. The molecule has 0 aromatic carbocycles. The molecule has 0 radical (unpaired) electrons. The summed E-state index contributed by atoms with van der Waals surface area (Å²) in [6.45, 7) is 1.66. The van der Waals surface area contributed by atoms with E-state index in [1.165, 1.54) is 6.92 Å². The van der Waals surface area contributed by atoms with Crippen LogP contribution in [0.25, 0.3) is 0 Å². The maximum atomic E-state index is 10.7. The van der Waals surface area contributed by atoms with Crippen molar-refractivity contribution in [3.63, 3.8) is 0 Å². The van der Waals surface area contributed by atoms with Gasteiger partial charge in [0.15, 0.2) is 0 Å². The summed E-state index contributed by atoms with van der Waals surface area (Å²) in [6.07, 6.45) is 0. The number of nitrogens with one attached hydrogen (secondary N) is 1. The van der Waals surface area contributed by atoms with Crippen LogP contribution in [0.1, 0.15) is 6.92 Å². The average molecular weight is 220 g/mol. The lowest BCUT2D eigenvalue weighted by molar-refractivity contribution is 0.585. The number of hydrogen-bond acceptors (Lipinski definition) is 3. The zero-order valence-corrected chi connectivity index (χ0v) is 8.43. The van der Waals surface area contributed by atoms with E-state index in [1.54, 1.807) is 0 Å². The Labute approximate surface area is 73.3 Å². The van der Waals surface area contributed by atoms with E-state index < -0.39 is 20.0 Å². The zero-order chi connectivity index (χ0) is 8.91. The standard InChI is InChI=1S/C4H10ClNO3S2/c1-2-11(8,9)6-3-4-10(5)7/h6H,2-4H2,1H3. The topological polar surface area (TPSA) is 63.2 Å². The fourth-order valence-corrected chi connectivity index (χ4v) is 1.62. The molecule has 1 unspecified atom stereocenters. The van der Waals surface area contributed by atoms with Gasteiger partial charge in [0.05, 0.1) is 11.5 Å². The van der Waals surface area contributed by atoms with Crippen LogP contribution in [0.15, 0.2) is 0 Å². The molecule has 11 heavy (non-hydrogen) atoms. The molecule has 1 N–H and O–H groups in total. The van der Waals surface area contributed by atoms with Crippen molar-refractivity contribution < 1.29 is 12.6 Å². The SMILES string of the molecule is CCS(=O)(=O)NCCS(=O)Cl. The van der Waals surface area contributed by atoms with E-state index in [2.05, 4.69) is 4.72 Å². The lowest BCUT2D eigenvalue weighted by Crippen LogP contribution is -2.28. The molecule has 7 heteroatoms. The largest absolute Gasteiger partial charge is 0.243 e. The zero-order valence-electron chi connectivity index (χ0n) is 6.04. The Morgan fingerprint density at radius 3 is 2.45 bits per heavy atom. The highest BCUT2D eigenvalue weighted by Crippen LogP contribution is 1.87. The van der Waals surface area contributed by atoms with Gasteiger partial charge in [0, 0.05) is 6.54 Å². The molecule has 0 fully saturated rings. The Morgan fingerprint density at radius 1 is 1.55 bits per heavy atom. The van der Waals surface area contributed by atoms with Crippen molar-refractivity contribution in [3.05, 3.63) is 0 Å². The van der Waals surface area contributed by atoms with E-state index >= 15 is 0 Å². The Bertz CT molecular complexity index is 225. The molecule has 0 aromatic rings. The summed E-state index contributed by atoms with van der Waals surface area (Å²) in [5, 5.41) is 0. The molecule has 0 saturated carbocycles. The van der Waals surface area contributed by atoms with Crippen LogP contribution in [0.4, 0.5) is 0 Å². The maximum Gasteiger partial charge on any atom is 0.211 e. The molecule has 0 heterocycles. The van der Waals surface area contributed by atoms with Crippen LogP contribution < -0.4 is 4.72 Å². The minimum Gasteiger partial charge on any atom is -0.243 e. The van der Waals surface area contributed by atoms with Gasteiger partial charge in [-0.3, -0.25) is 0 Å². The van der Waals surface area contributed by atoms with Gasteiger partial charge >= 0.3 is 0 Å². The molecule has 0 aliphatic rings. The van der Waals surface area contributed by atoms with Crippen LogP contribution in [-0.2, 0) is 20.0 Å². The Morgan fingerprint density at radius 2 is 2.09 bits per heavy atom. The van der Waals surface area contributed by atoms with E-state index in [0.717, 1.165) is 0 Å². The van der Waals surface area contributed by atoms with E-state index in [9.17, 15) is 12.6 Å². The highest BCUT2D eigenvalue weighted by atomic mass is 35.7. The Hall–Kier alpha value is 0.350. The maximum absolute atomic E-state index is 10.7. The van der Waals surface area contributed by atoms with Gasteiger partial charge in [-0.15, -0.1) is 0 Å². The normalized spacial score (nSPS) is 14.7. The molecule has 1 atom stereocenters. The smallest absolute Gasteiger partial charge is 0.211 e. The molecule has 0 spiro atoms. The molecule has 0 rings (SSSR count). The summed E-state index contributed by atoms with van der Waals surface area (Å²) in [7, 11) is 0.472. The van der Waals surface area contributed by atoms with Crippen molar-refractivity contribution in [3.8, 4) is 0 Å². The molecule has 0 amide bonds. The molecule has 68 valence electrons. The summed E-state index contributed by atoms with van der Waals surface area (Å²) < 4.78 is 33.9. The molecule has 0 bridgehead atoms. The van der Waals surface area contributed by atoms with E-state index in [4.69, 9.17) is 10.7 Å². The molecule has 0 aliphatic carbocycles. The van der Waals surface area contributed by atoms with Crippen LogP contribution in [0.3, 0.4) is 0 Å². The van der Waals surface area contributed by atoms with Crippen LogP contribution in [-0.4, -0.2) is 30.7 Å². The fraction of sp³-hybridized carbons (Fsp3) is 1.00. The van der Waals surface area contributed by atoms with Crippen molar-refractivity contribution in [2.75, 3.05) is 18.1 Å². The van der Waals surface area contributed by atoms with Crippen molar-refractivity contribution in [1.82, 2.24) is 4.72 Å². The van der Waals surface area contributed by atoms with Gasteiger partial charge in [-0.1, -0.05) is 0 Å². The second-order valence-corrected chi connectivity index (χ2v) is 5.91. The monoisotopic (exact) mass is 219 g/mol. The van der Waals surface area contributed by atoms with Gasteiger partial charge in [0.25, 0.3) is 0 Å². The van der Waals surface area contributed by atoms with Gasteiger partial charge in [-0.2, -0.15) is 0 Å². The molecule has 0 aliphatic heterocycles. The second-order valence-electron chi connectivity index (χ2n) is 1.79. The van der Waals surface area contributed by atoms with E-state index in [0.29, 0.717) is 0 Å². The van der Waals surface area contributed by atoms with Crippen LogP contribution >= 0.6 is 10.7 Å². The number of halogens is 1. The minimum atomic E-state index is -3.16. The summed E-state index contributed by atoms with van der Waals surface area (Å²) >= 11 is 0. The number of hydrogen-bond donors (Lipinski definition) is 1. The minimum absolute atomic E-state index is 0.0297. The summed E-state index contributed by atoms with van der Waals surface area (Å²) in [4.78, 5) is 0. The summed E-state index contributed by atoms with van der Waals surface area (Å²) in [5.74, 6) is 0.169.